The highest BCUT2D eigenvalue weighted by Crippen LogP contribution is 2.25. The van der Waals surface area contributed by atoms with Crippen LogP contribution in [-0.2, 0) is 0 Å². The zero-order valence-electron chi connectivity index (χ0n) is 10.2. The van der Waals surface area contributed by atoms with Gasteiger partial charge in [-0.3, -0.25) is 0 Å². The van der Waals surface area contributed by atoms with Gasteiger partial charge in [-0.05, 0) is 39.5 Å². The van der Waals surface area contributed by atoms with Gasteiger partial charge in [-0.15, -0.1) is 23.2 Å². The quantitative estimate of drug-likeness (QED) is 0.551. The fraction of sp³-hybridized carbons (Fsp3) is 0.833. The Morgan fingerprint density at radius 1 is 0.938 bits per heavy atom. The van der Waals surface area contributed by atoms with Crippen molar-refractivity contribution in [2.45, 2.75) is 45.8 Å². The van der Waals surface area contributed by atoms with E-state index in [9.17, 15) is 10.2 Å². The molecule has 0 fully saturated rings. The van der Waals surface area contributed by atoms with Crippen molar-refractivity contribution in [3.8, 4) is 0 Å². The van der Waals surface area contributed by atoms with Crippen LogP contribution in [0.15, 0.2) is 11.1 Å². The van der Waals surface area contributed by atoms with Crippen molar-refractivity contribution in [3.05, 3.63) is 11.1 Å². The van der Waals surface area contributed by atoms with Crippen molar-refractivity contribution >= 4 is 23.2 Å². The smallest absolute Gasteiger partial charge is 0.0681 e. The molecular weight excluding hydrogens is 247 g/mol. The van der Waals surface area contributed by atoms with E-state index in [4.69, 9.17) is 23.2 Å². The summed E-state index contributed by atoms with van der Waals surface area (Å²) in [4.78, 5) is 0. The topological polar surface area (TPSA) is 40.5 Å². The molecular formula is C12H22Cl2O2. The van der Waals surface area contributed by atoms with Crippen LogP contribution in [0.2, 0.25) is 0 Å². The Morgan fingerprint density at radius 3 is 1.56 bits per heavy atom. The van der Waals surface area contributed by atoms with Crippen molar-refractivity contribution < 1.29 is 10.2 Å². The average molecular weight is 269 g/mol. The summed E-state index contributed by atoms with van der Waals surface area (Å²) in [7, 11) is 0. The summed E-state index contributed by atoms with van der Waals surface area (Å²) in [5.41, 5.74) is 2.42. The van der Waals surface area contributed by atoms with E-state index in [1.165, 1.54) is 11.1 Å². The lowest BCUT2D eigenvalue weighted by molar-refractivity contribution is 0.133. The first-order valence-electron chi connectivity index (χ1n) is 5.54. The third-order valence-corrected chi connectivity index (χ3v) is 3.58. The molecule has 0 aliphatic rings. The number of hydrogen-bond donors (Lipinski definition) is 2. The maximum Gasteiger partial charge on any atom is 0.0681 e. The van der Waals surface area contributed by atoms with Gasteiger partial charge in [0, 0.05) is 11.8 Å². The molecule has 2 atom stereocenters. The van der Waals surface area contributed by atoms with E-state index < -0.39 is 12.2 Å². The number of allylic oxidation sites excluding steroid dienone is 2. The van der Waals surface area contributed by atoms with Gasteiger partial charge >= 0.3 is 0 Å². The minimum Gasteiger partial charge on any atom is -0.392 e. The van der Waals surface area contributed by atoms with Gasteiger partial charge in [-0.1, -0.05) is 11.1 Å². The van der Waals surface area contributed by atoms with Crippen LogP contribution in [0.4, 0.5) is 0 Å². The lowest BCUT2D eigenvalue weighted by atomic mass is 9.87. The van der Waals surface area contributed by atoms with Crippen LogP contribution in [0.25, 0.3) is 0 Å². The van der Waals surface area contributed by atoms with Gasteiger partial charge in [-0.25, -0.2) is 0 Å². The predicted molar refractivity (Wildman–Crippen MR) is 70.2 cm³/mol. The molecule has 0 radical (unpaired) electrons. The summed E-state index contributed by atoms with van der Waals surface area (Å²) in [6.07, 6.45) is 0.107. The number of rotatable bonds is 7. The average Bonchev–Trinajstić information content (AvgIpc) is 2.26. The van der Waals surface area contributed by atoms with E-state index in [1.807, 2.05) is 20.8 Å². The molecule has 0 aliphatic carbocycles. The minimum atomic E-state index is -0.525. The zero-order chi connectivity index (χ0) is 12.7. The molecule has 2 unspecified atom stereocenters. The van der Waals surface area contributed by atoms with Gasteiger partial charge in [0.2, 0.25) is 0 Å². The molecule has 2 N–H and O–H groups in total. The molecule has 0 saturated heterocycles. The molecule has 4 heteroatoms. The molecule has 0 bridgehead atoms. The zero-order valence-corrected chi connectivity index (χ0v) is 11.7. The van der Waals surface area contributed by atoms with E-state index in [0.717, 1.165) is 0 Å². The number of halogens is 2. The summed E-state index contributed by atoms with van der Waals surface area (Å²) < 4.78 is 0. The summed E-state index contributed by atoms with van der Waals surface area (Å²) in [5.74, 6) is 0.597. The summed E-state index contributed by atoms with van der Waals surface area (Å²) in [6, 6.07) is 0. The van der Waals surface area contributed by atoms with Crippen molar-refractivity contribution in [2.75, 3.05) is 11.8 Å². The SMILES string of the molecule is CC(C)=C(C)C(CC(O)CCl)CC(O)CCl. The molecule has 96 valence electrons. The molecule has 0 amide bonds. The molecule has 0 heterocycles. The van der Waals surface area contributed by atoms with E-state index in [-0.39, 0.29) is 17.7 Å². The highest BCUT2D eigenvalue weighted by atomic mass is 35.5. The van der Waals surface area contributed by atoms with E-state index in [2.05, 4.69) is 0 Å². The Labute approximate surface area is 108 Å². The minimum absolute atomic E-state index is 0.146. The van der Waals surface area contributed by atoms with Gasteiger partial charge in [0.1, 0.15) is 0 Å². The highest BCUT2D eigenvalue weighted by molar-refractivity contribution is 6.18. The Balaban J connectivity index is 4.57. The Hall–Kier alpha value is 0.240. The molecule has 0 aromatic rings. The van der Waals surface area contributed by atoms with Crippen LogP contribution in [-0.4, -0.2) is 34.2 Å². The Morgan fingerprint density at radius 2 is 1.31 bits per heavy atom. The van der Waals surface area contributed by atoms with Crippen molar-refractivity contribution in [3.63, 3.8) is 0 Å². The number of hydrogen-bond acceptors (Lipinski definition) is 2. The summed E-state index contributed by atoms with van der Waals surface area (Å²) in [6.45, 7) is 6.09. The summed E-state index contributed by atoms with van der Waals surface area (Å²) >= 11 is 11.2. The highest BCUT2D eigenvalue weighted by Gasteiger charge is 2.19. The van der Waals surface area contributed by atoms with E-state index in [1.54, 1.807) is 0 Å². The van der Waals surface area contributed by atoms with E-state index >= 15 is 0 Å². The largest absolute Gasteiger partial charge is 0.392 e. The lowest BCUT2D eigenvalue weighted by Gasteiger charge is -2.23. The van der Waals surface area contributed by atoms with Gasteiger partial charge in [0.05, 0.1) is 12.2 Å². The number of aliphatic hydroxyl groups is 2. The fourth-order valence-electron chi connectivity index (χ4n) is 1.64. The van der Waals surface area contributed by atoms with Gasteiger partial charge in [-0.2, -0.15) is 0 Å². The monoisotopic (exact) mass is 268 g/mol. The normalized spacial score (nSPS) is 16.7. The van der Waals surface area contributed by atoms with Crippen LogP contribution >= 0.6 is 23.2 Å². The second-order valence-corrected chi connectivity index (χ2v) is 5.08. The molecule has 16 heavy (non-hydrogen) atoms. The number of aliphatic hydroxyl groups excluding tert-OH is 2. The van der Waals surface area contributed by atoms with Crippen molar-refractivity contribution in [2.24, 2.45) is 5.92 Å². The summed E-state index contributed by atoms with van der Waals surface area (Å²) in [5, 5.41) is 19.2. The molecule has 0 aliphatic heterocycles. The van der Waals surface area contributed by atoms with Crippen LogP contribution in [0, 0.1) is 5.92 Å². The van der Waals surface area contributed by atoms with Crippen molar-refractivity contribution in [1.29, 1.82) is 0 Å². The molecule has 0 rings (SSSR count). The number of alkyl halides is 2. The molecule has 0 aromatic heterocycles. The Bertz CT molecular complexity index is 213. The predicted octanol–water partition coefficient (Wildman–Crippen LogP) is 2.94. The maximum absolute atomic E-state index is 9.58. The van der Waals surface area contributed by atoms with Crippen LogP contribution in [0.1, 0.15) is 33.6 Å². The lowest BCUT2D eigenvalue weighted by Crippen LogP contribution is -2.22. The maximum atomic E-state index is 9.58. The Kier molecular flexibility index (Phi) is 8.47. The van der Waals surface area contributed by atoms with Crippen LogP contribution < -0.4 is 0 Å². The van der Waals surface area contributed by atoms with Gasteiger partial charge in [0.15, 0.2) is 0 Å². The second-order valence-electron chi connectivity index (χ2n) is 4.47. The first kappa shape index (κ1) is 16.2. The molecule has 0 saturated carbocycles. The van der Waals surface area contributed by atoms with Crippen LogP contribution in [0.3, 0.4) is 0 Å². The standard InChI is InChI=1S/C12H22Cl2O2/c1-8(2)9(3)10(4-11(15)6-13)5-12(16)7-14/h10-12,15-16H,4-7H2,1-3H3. The second kappa shape index (κ2) is 8.35. The third-order valence-electron chi connectivity index (χ3n) is 2.87. The molecule has 0 spiro atoms. The first-order valence-corrected chi connectivity index (χ1v) is 6.61. The third kappa shape index (κ3) is 6.09. The van der Waals surface area contributed by atoms with E-state index in [0.29, 0.717) is 12.8 Å². The van der Waals surface area contributed by atoms with Crippen molar-refractivity contribution in [1.82, 2.24) is 0 Å². The first-order chi connectivity index (χ1) is 7.42. The molecule has 2 nitrogen and oxygen atoms in total. The van der Waals surface area contributed by atoms with Crippen LogP contribution in [0.5, 0.6) is 0 Å². The van der Waals surface area contributed by atoms with Gasteiger partial charge in [0.25, 0.3) is 0 Å². The fourth-order valence-corrected chi connectivity index (χ4v) is 1.89. The van der Waals surface area contributed by atoms with Gasteiger partial charge < -0.3 is 10.2 Å². The molecule has 0 aromatic carbocycles.